The van der Waals surface area contributed by atoms with Gasteiger partial charge in [0.25, 0.3) is 0 Å². The number of hydrogen-bond donors (Lipinski definition) is 0. The molecule has 0 aliphatic heterocycles. The summed E-state index contributed by atoms with van der Waals surface area (Å²) in [6.07, 6.45) is 0.0696. The van der Waals surface area contributed by atoms with Crippen molar-refractivity contribution in [3.8, 4) is 0 Å². The van der Waals surface area contributed by atoms with Crippen LogP contribution in [-0.4, -0.2) is 0 Å². The molecular weight excluding hydrogens is 213 g/mol. The lowest BCUT2D eigenvalue weighted by Crippen LogP contribution is -2.13. The molecule has 1 aromatic rings. The van der Waals surface area contributed by atoms with Gasteiger partial charge < -0.3 is 0 Å². The van der Waals surface area contributed by atoms with Gasteiger partial charge in [-0.1, -0.05) is 13.0 Å². The molecule has 0 fully saturated rings. The molecule has 0 atom stereocenters. The van der Waals surface area contributed by atoms with Crippen LogP contribution < -0.4 is 0 Å². The molecule has 0 bridgehead atoms. The van der Waals surface area contributed by atoms with Crippen molar-refractivity contribution >= 4 is 0 Å². The first-order chi connectivity index (χ1) is 7.52. The van der Waals surface area contributed by atoms with Crippen LogP contribution in [-0.2, 0) is 25.4 Å². The average Bonchev–Trinajstić information content (AvgIpc) is 2.26. The highest BCUT2D eigenvalue weighted by Gasteiger charge is 2.33. The molecule has 1 aliphatic rings. The average molecular weight is 228 g/mol. The minimum atomic E-state index is -4.21. The monoisotopic (exact) mass is 228 g/mol. The van der Waals surface area contributed by atoms with Gasteiger partial charge in [0.15, 0.2) is 0 Å². The fourth-order valence-electron chi connectivity index (χ4n) is 2.39. The summed E-state index contributed by atoms with van der Waals surface area (Å²) in [5, 5.41) is 0. The Hall–Kier alpha value is -0.990. The molecule has 0 radical (unpaired) electrons. The second-order valence-electron chi connectivity index (χ2n) is 4.34. The third-order valence-electron chi connectivity index (χ3n) is 3.25. The number of benzene rings is 1. The van der Waals surface area contributed by atoms with Crippen molar-refractivity contribution in [2.75, 3.05) is 0 Å². The van der Waals surface area contributed by atoms with Gasteiger partial charge in [0.05, 0.1) is 5.56 Å². The number of alkyl halides is 3. The number of fused-ring (bicyclic) bond motifs is 1. The lowest BCUT2D eigenvalue weighted by atomic mass is 9.87. The van der Waals surface area contributed by atoms with E-state index < -0.39 is 11.7 Å². The van der Waals surface area contributed by atoms with E-state index in [1.807, 2.05) is 0 Å². The van der Waals surface area contributed by atoms with E-state index in [9.17, 15) is 13.2 Å². The molecule has 1 aromatic carbocycles. The molecule has 1 aliphatic carbocycles. The van der Waals surface area contributed by atoms with E-state index in [0.29, 0.717) is 12.0 Å². The van der Waals surface area contributed by atoms with E-state index in [-0.39, 0.29) is 0 Å². The van der Waals surface area contributed by atoms with E-state index in [2.05, 4.69) is 0 Å². The van der Waals surface area contributed by atoms with Crippen LogP contribution in [0.5, 0.6) is 0 Å². The highest BCUT2D eigenvalue weighted by molar-refractivity contribution is 5.41. The smallest absolute Gasteiger partial charge is 0.166 e. The zero-order valence-electron chi connectivity index (χ0n) is 9.32. The minimum Gasteiger partial charge on any atom is -0.166 e. The topological polar surface area (TPSA) is 0 Å². The van der Waals surface area contributed by atoms with Gasteiger partial charge in [-0.25, -0.2) is 0 Å². The Balaban J connectivity index is 2.52. The van der Waals surface area contributed by atoms with Crippen LogP contribution in [0.25, 0.3) is 0 Å². The van der Waals surface area contributed by atoms with Crippen molar-refractivity contribution in [2.45, 2.75) is 45.2 Å². The zero-order chi connectivity index (χ0) is 11.8. The summed E-state index contributed by atoms with van der Waals surface area (Å²) in [7, 11) is 0. The number of hydrogen-bond acceptors (Lipinski definition) is 0. The van der Waals surface area contributed by atoms with Crippen LogP contribution in [0.15, 0.2) is 12.1 Å². The normalized spacial score (nSPS) is 16.0. The Morgan fingerprint density at radius 1 is 1.06 bits per heavy atom. The lowest BCUT2D eigenvalue weighted by molar-refractivity contribution is -0.138. The third-order valence-corrected chi connectivity index (χ3v) is 3.25. The Bertz CT molecular complexity index is 391. The predicted octanol–water partition coefficient (Wildman–Crippen LogP) is 4.15. The fourth-order valence-corrected chi connectivity index (χ4v) is 2.39. The minimum absolute atomic E-state index is 0.435. The summed E-state index contributed by atoms with van der Waals surface area (Å²) in [4.78, 5) is 0. The zero-order valence-corrected chi connectivity index (χ0v) is 9.32. The van der Waals surface area contributed by atoms with Gasteiger partial charge in [-0.15, -0.1) is 0 Å². The summed E-state index contributed by atoms with van der Waals surface area (Å²) in [6, 6.07) is 3.13. The van der Waals surface area contributed by atoms with Gasteiger partial charge in [-0.2, -0.15) is 13.2 Å². The van der Waals surface area contributed by atoms with Crippen LogP contribution in [0.2, 0.25) is 0 Å². The van der Waals surface area contributed by atoms with Crippen LogP contribution in [0.4, 0.5) is 13.2 Å². The quantitative estimate of drug-likeness (QED) is 0.677. The maximum Gasteiger partial charge on any atom is 0.416 e. The third kappa shape index (κ3) is 2.08. The van der Waals surface area contributed by atoms with Gasteiger partial charge in [-0.05, 0) is 54.9 Å². The van der Waals surface area contributed by atoms with Crippen molar-refractivity contribution in [3.05, 3.63) is 34.4 Å². The Morgan fingerprint density at radius 3 is 2.12 bits per heavy atom. The van der Waals surface area contributed by atoms with Crippen molar-refractivity contribution < 1.29 is 13.2 Å². The molecule has 0 saturated heterocycles. The maximum absolute atomic E-state index is 12.8. The summed E-state index contributed by atoms with van der Waals surface area (Å²) in [5.74, 6) is 0. The predicted molar refractivity (Wildman–Crippen MR) is 57.5 cm³/mol. The van der Waals surface area contributed by atoms with E-state index in [1.54, 1.807) is 13.0 Å². The molecule has 0 spiro atoms. The van der Waals surface area contributed by atoms with Gasteiger partial charge in [-0.3, -0.25) is 0 Å². The van der Waals surface area contributed by atoms with Gasteiger partial charge in [0.2, 0.25) is 0 Å². The van der Waals surface area contributed by atoms with Crippen LogP contribution >= 0.6 is 0 Å². The molecular formula is C13H15F3. The fraction of sp³-hybridized carbons (Fsp3) is 0.538. The maximum atomic E-state index is 12.8. The molecule has 3 heteroatoms. The first-order valence-corrected chi connectivity index (χ1v) is 5.74. The molecule has 0 saturated carbocycles. The first kappa shape index (κ1) is 11.5. The standard InChI is InChI=1S/C13H15F3/c1-2-9-7-10-5-3-4-6-11(10)8-12(9)13(14,15)16/h7-8H,2-6H2,1H3. The molecule has 0 nitrogen and oxygen atoms in total. The van der Waals surface area contributed by atoms with E-state index >= 15 is 0 Å². The largest absolute Gasteiger partial charge is 0.416 e. The van der Waals surface area contributed by atoms with Crippen molar-refractivity contribution in [1.82, 2.24) is 0 Å². The number of rotatable bonds is 1. The van der Waals surface area contributed by atoms with Crippen molar-refractivity contribution in [3.63, 3.8) is 0 Å². The van der Waals surface area contributed by atoms with Crippen molar-refractivity contribution in [1.29, 1.82) is 0 Å². The van der Waals surface area contributed by atoms with E-state index in [4.69, 9.17) is 0 Å². The second kappa shape index (κ2) is 4.11. The second-order valence-corrected chi connectivity index (χ2v) is 4.34. The molecule has 0 N–H and O–H groups in total. The molecule has 0 aromatic heterocycles. The van der Waals surface area contributed by atoms with Gasteiger partial charge >= 0.3 is 6.18 Å². The summed E-state index contributed by atoms with van der Waals surface area (Å²) >= 11 is 0. The highest BCUT2D eigenvalue weighted by Crippen LogP contribution is 2.35. The van der Waals surface area contributed by atoms with Crippen LogP contribution in [0, 0.1) is 0 Å². The van der Waals surface area contributed by atoms with Gasteiger partial charge in [0.1, 0.15) is 0 Å². The summed E-state index contributed by atoms with van der Waals surface area (Å²) in [6.45, 7) is 1.78. The molecule has 88 valence electrons. The van der Waals surface area contributed by atoms with E-state index in [0.717, 1.165) is 36.8 Å². The molecule has 2 rings (SSSR count). The first-order valence-electron chi connectivity index (χ1n) is 5.74. The molecule has 0 heterocycles. The Morgan fingerprint density at radius 2 is 1.62 bits per heavy atom. The summed E-state index contributed by atoms with van der Waals surface area (Å²) < 4.78 is 38.4. The number of halogens is 3. The Labute approximate surface area is 93.5 Å². The SMILES string of the molecule is CCc1cc2c(cc1C(F)(F)F)CCCC2. The molecule has 0 amide bonds. The van der Waals surface area contributed by atoms with E-state index in [1.165, 1.54) is 6.07 Å². The molecule has 0 unspecified atom stereocenters. The van der Waals surface area contributed by atoms with Gasteiger partial charge in [0, 0.05) is 0 Å². The van der Waals surface area contributed by atoms with Crippen LogP contribution in [0.3, 0.4) is 0 Å². The molecule has 16 heavy (non-hydrogen) atoms. The highest BCUT2D eigenvalue weighted by atomic mass is 19.4. The van der Waals surface area contributed by atoms with Crippen LogP contribution in [0.1, 0.15) is 42.0 Å². The van der Waals surface area contributed by atoms with Crippen molar-refractivity contribution in [2.24, 2.45) is 0 Å². The number of aryl methyl sites for hydroxylation is 3. The lowest BCUT2D eigenvalue weighted by Gasteiger charge is -2.20. The summed E-state index contributed by atoms with van der Waals surface area (Å²) in [5.41, 5.74) is 2.02. The Kier molecular flexibility index (Phi) is 2.96.